The minimum absolute atomic E-state index is 0.196. The Labute approximate surface area is 140 Å². The first-order valence-electron chi connectivity index (χ1n) is 7.37. The number of aromatic nitrogens is 1. The van der Waals surface area contributed by atoms with E-state index in [2.05, 4.69) is 15.6 Å². The van der Waals surface area contributed by atoms with Gasteiger partial charge in [-0.3, -0.25) is 14.6 Å². The van der Waals surface area contributed by atoms with Crippen LogP contribution in [0, 0.1) is 0 Å². The highest BCUT2D eigenvalue weighted by molar-refractivity contribution is 6.31. The largest absolute Gasteiger partial charge is 0.352 e. The molecule has 1 aromatic carbocycles. The maximum absolute atomic E-state index is 12.2. The van der Waals surface area contributed by atoms with Crippen LogP contribution in [0.4, 0.5) is 0 Å². The molecule has 0 aliphatic carbocycles. The molecular weight excluding hydrogens is 314 g/mol. The topological polar surface area (TPSA) is 71.1 Å². The van der Waals surface area contributed by atoms with Crippen LogP contribution < -0.4 is 10.6 Å². The lowest BCUT2D eigenvalue weighted by Crippen LogP contribution is -2.26. The summed E-state index contributed by atoms with van der Waals surface area (Å²) in [5.74, 6) is -0.565. The molecule has 0 saturated carbocycles. The Balaban J connectivity index is 2.02. The minimum atomic E-state index is -0.352. The highest BCUT2D eigenvalue weighted by Gasteiger charge is 2.11. The Morgan fingerprint density at radius 3 is 2.65 bits per heavy atom. The molecule has 5 nitrogen and oxygen atoms in total. The average Bonchev–Trinajstić information content (AvgIpc) is 2.58. The number of carbonyl (C=O) groups is 2. The molecule has 0 unspecified atom stereocenters. The number of carbonyl (C=O) groups excluding carboxylic acids is 2. The van der Waals surface area contributed by atoms with E-state index in [1.807, 2.05) is 25.1 Å². The highest BCUT2D eigenvalue weighted by atomic mass is 35.5. The monoisotopic (exact) mass is 331 g/mol. The SMILES string of the molecule is CCCNC(=O)c1ccnc(C(=O)NCc2ccccc2Cl)c1. The van der Waals surface area contributed by atoms with E-state index >= 15 is 0 Å². The Hall–Kier alpha value is -2.40. The molecule has 0 atom stereocenters. The molecule has 2 aromatic rings. The quantitative estimate of drug-likeness (QED) is 0.855. The molecular formula is C17H18ClN3O2. The van der Waals surface area contributed by atoms with Crippen LogP contribution in [0.25, 0.3) is 0 Å². The fourth-order valence-corrected chi connectivity index (χ4v) is 2.15. The van der Waals surface area contributed by atoms with Gasteiger partial charge in [-0.25, -0.2) is 0 Å². The summed E-state index contributed by atoms with van der Waals surface area (Å²) in [6, 6.07) is 10.3. The zero-order valence-electron chi connectivity index (χ0n) is 12.8. The van der Waals surface area contributed by atoms with Crippen LogP contribution in [0.1, 0.15) is 39.8 Å². The molecule has 0 aliphatic heterocycles. The third-order valence-corrected chi connectivity index (χ3v) is 3.56. The lowest BCUT2D eigenvalue weighted by molar-refractivity contribution is 0.0946. The van der Waals surface area contributed by atoms with Crippen molar-refractivity contribution in [3.63, 3.8) is 0 Å². The van der Waals surface area contributed by atoms with E-state index in [1.165, 1.54) is 12.3 Å². The summed E-state index contributed by atoms with van der Waals surface area (Å²) in [5, 5.41) is 6.10. The van der Waals surface area contributed by atoms with Gasteiger partial charge in [-0.2, -0.15) is 0 Å². The minimum Gasteiger partial charge on any atom is -0.352 e. The average molecular weight is 332 g/mol. The normalized spacial score (nSPS) is 10.2. The first-order valence-corrected chi connectivity index (χ1v) is 7.75. The summed E-state index contributed by atoms with van der Waals surface area (Å²) < 4.78 is 0. The Morgan fingerprint density at radius 1 is 1.13 bits per heavy atom. The predicted octanol–water partition coefficient (Wildman–Crippen LogP) is 2.80. The van der Waals surface area contributed by atoms with Gasteiger partial charge >= 0.3 is 0 Å². The van der Waals surface area contributed by atoms with E-state index in [0.29, 0.717) is 23.7 Å². The second-order valence-electron chi connectivity index (χ2n) is 4.96. The third-order valence-electron chi connectivity index (χ3n) is 3.19. The van der Waals surface area contributed by atoms with Gasteiger partial charge in [-0.05, 0) is 30.2 Å². The van der Waals surface area contributed by atoms with Gasteiger partial charge in [0.15, 0.2) is 0 Å². The number of nitrogens with one attached hydrogen (secondary N) is 2. The smallest absolute Gasteiger partial charge is 0.270 e. The van der Waals surface area contributed by atoms with Gasteiger partial charge in [0.05, 0.1) is 0 Å². The Bertz CT molecular complexity index is 704. The molecule has 23 heavy (non-hydrogen) atoms. The molecule has 1 aromatic heterocycles. The van der Waals surface area contributed by atoms with Crippen molar-refractivity contribution in [2.75, 3.05) is 6.54 Å². The molecule has 2 rings (SSSR count). The van der Waals surface area contributed by atoms with Crippen LogP contribution in [0.15, 0.2) is 42.6 Å². The zero-order chi connectivity index (χ0) is 16.7. The molecule has 6 heteroatoms. The van der Waals surface area contributed by atoms with Gasteiger partial charge in [0, 0.05) is 29.9 Å². The first kappa shape index (κ1) is 17.0. The van der Waals surface area contributed by atoms with Gasteiger partial charge < -0.3 is 10.6 Å². The second kappa shape index (κ2) is 8.29. The van der Waals surface area contributed by atoms with E-state index in [9.17, 15) is 9.59 Å². The highest BCUT2D eigenvalue weighted by Crippen LogP contribution is 2.14. The molecule has 0 radical (unpaired) electrons. The van der Waals surface area contributed by atoms with Crippen LogP contribution in [-0.4, -0.2) is 23.3 Å². The maximum atomic E-state index is 12.2. The maximum Gasteiger partial charge on any atom is 0.270 e. The molecule has 0 aliphatic rings. The number of halogens is 1. The summed E-state index contributed by atoms with van der Waals surface area (Å²) in [6.07, 6.45) is 2.30. The van der Waals surface area contributed by atoms with Crippen molar-refractivity contribution in [1.29, 1.82) is 0 Å². The molecule has 0 bridgehead atoms. The van der Waals surface area contributed by atoms with Gasteiger partial charge in [0.25, 0.3) is 11.8 Å². The molecule has 120 valence electrons. The van der Waals surface area contributed by atoms with Gasteiger partial charge in [0.1, 0.15) is 5.69 Å². The predicted molar refractivity (Wildman–Crippen MR) is 89.5 cm³/mol. The van der Waals surface area contributed by atoms with Crippen LogP contribution in [0.3, 0.4) is 0 Å². The van der Waals surface area contributed by atoms with Crippen LogP contribution in [0.5, 0.6) is 0 Å². The number of amides is 2. The summed E-state index contributed by atoms with van der Waals surface area (Å²) in [4.78, 5) is 28.1. The first-order chi connectivity index (χ1) is 11.1. The van der Waals surface area contributed by atoms with E-state index in [1.54, 1.807) is 12.1 Å². The fourth-order valence-electron chi connectivity index (χ4n) is 1.94. The van der Waals surface area contributed by atoms with Gasteiger partial charge in [0.2, 0.25) is 0 Å². The van der Waals surface area contributed by atoms with Crippen LogP contribution in [0.2, 0.25) is 5.02 Å². The van der Waals surface area contributed by atoms with E-state index in [4.69, 9.17) is 11.6 Å². The van der Waals surface area contributed by atoms with Crippen LogP contribution >= 0.6 is 11.6 Å². The molecule has 1 heterocycles. The van der Waals surface area contributed by atoms with Crippen LogP contribution in [-0.2, 0) is 6.54 Å². The Morgan fingerprint density at radius 2 is 1.91 bits per heavy atom. The van der Waals surface area contributed by atoms with E-state index in [-0.39, 0.29) is 17.5 Å². The van der Waals surface area contributed by atoms with Gasteiger partial charge in [-0.15, -0.1) is 0 Å². The summed E-state index contributed by atoms with van der Waals surface area (Å²) in [7, 11) is 0. The third kappa shape index (κ3) is 4.79. The molecule has 0 fully saturated rings. The lowest BCUT2D eigenvalue weighted by Gasteiger charge is -2.08. The Kier molecular flexibility index (Phi) is 6.11. The van der Waals surface area contributed by atoms with Crippen molar-refractivity contribution in [1.82, 2.24) is 15.6 Å². The number of benzene rings is 1. The summed E-state index contributed by atoms with van der Waals surface area (Å²) in [5.41, 5.74) is 1.43. The van der Waals surface area contributed by atoms with Gasteiger partial charge in [-0.1, -0.05) is 36.7 Å². The standard InChI is InChI=1S/C17H18ClN3O2/c1-2-8-20-16(22)12-7-9-19-15(10-12)17(23)21-11-13-5-3-4-6-14(13)18/h3-7,9-10H,2,8,11H2,1H3,(H,20,22)(H,21,23). The lowest BCUT2D eigenvalue weighted by atomic mass is 10.2. The summed E-state index contributed by atoms with van der Waals surface area (Å²) >= 11 is 6.05. The number of hydrogen-bond acceptors (Lipinski definition) is 3. The molecule has 2 N–H and O–H groups in total. The van der Waals surface area contributed by atoms with Crippen molar-refractivity contribution in [3.8, 4) is 0 Å². The molecule has 0 spiro atoms. The summed E-state index contributed by atoms with van der Waals surface area (Å²) in [6.45, 7) is 2.86. The number of rotatable bonds is 6. The molecule has 2 amide bonds. The van der Waals surface area contributed by atoms with E-state index < -0.39 is 0 Å². The number of hydrogen-bond donors (Lipinski definition) is 2. The second-order valence-corrected chi connectivity index (χ2v) is 5.37. The number of nitrogens with zero attached hydrogens (tertiary/aromatic N) is 1. The fraction of sp³-hybridized carbons (Fsp3) is 0.235. The van der Waals surface area contributed by atoms with Crippen molar-refractivity contribution in [3.05, 3.63) is 64.4 Å². The number of pyridine rings is 1. The zero-order valence-corrected chi connectivity index (χ0v) is 13.6. The molecule has 0 saturated heterocycles. The van der Waals surface area contributed by atoms with Crippen molar-refractivity contribution in [2.45, 2.75) is 19.9 Å². The van der Waals surface area contributed by atoms with Crippen molar-refractivity contribution < 1.29 is 9.59 Å². The van der Waals surface area contributed by atoms with Crippen molar-refractivity contribution >= 4 is 23.4 Å². The van der Waals surface area contributed by atoms with Crippen molar-refractivity contribution in [2.24, 2.45) is 0 Å². The van der Waals surface area contributed by atoms with E-state index in [0.717, 1.165) is 12.0 Å².